The largest absolute Gasteiger partial charge is 0.486 e. The maximum Gasteiger partial charge on any atom is 0.165 e. The Bertz CT molecular complexity index is 371. The Morgan fingerprint density at radius 2 is 1.83 bits per heavy atom. The molecule has 1 rings (SSSR count). The van der Waals surface area contributed by atoms with Crippen molar-refractivity contribution in [2.45, 2.75) is 46.3 Å². The van der Waals surface area contributed by atoms with Gasteiger partial charge in [-0.25, -0.2) is 4.39 Å². The first-order valence-corrected chi connectivity index (χ1v) is 6.46. The lowest BCUT2D eigenvalue weighted by Crippen LogP contribution is -2.44. The summed E-state index contributed by atoms with van der Waals surface area (Å²) in [5, 5.41) is 3.40. The predicted molar refractivity (Wildman–Crippen MR) is 73.4 cm³/mol. The topological polar surface area (TPSA) is 21.3 Å². The maximum absolute atomic E-state index is 13.5. The van der Waals surface area contributed by atoms with Crippen LogP contribution in [0.4, 0.5) is 4.39 Å². The highest BCUT2D eigenvalue weighted by atomic mass is 19.1. The Morgan fingerprint density at radius 3 is 2.33 bits per heavy atom. The summed E-state index contributed by atoms with van der Waals surface area (Å²) in [7, 11) is 0. The van der Waals surface area contributed by atoms with Gasteiger partial charge < -0.3 is 10.1 Å². The molecule has 102 valence electrons. The lowest BCUT2D eigenvalue weighted by Gasteiger charge is -2.28. The average molecular weight is 253 g/mol. The molecule has 0 bridgehead atoms. The highest BCUT2D eigenvalue weighted by Gasteiger charge is 2.19. The first-order chi connectivity index (χ1) is 8.29. The van der Waals surface area contributed by atoms with Gasteiger partial charge in [0.15, 0.2) is 11.6 Å². The van der Waals surface area contributed by atoms with Gasteiger partial charge in [0.1, 0.15) is 6.10 Å². The second-order valence-electron chi connectivity index (χ2n) is 5.96. The molecule has 3 heteroatoms. The van der Waals surface area contributed by atoms with E-state index in [1.807, 2.05) is 0 Å². The number of para-hydroxylation sites is 1. The highest BCUT2D eigenvalue weighted by molar-refractivity contribution is 5.24. The number of hydrogen-bond donors (Lipinski definition) is 1. The quantitative estimate of drug-likeness (QED) is 0.865. The molecule has 1 aromatic rings. The zero-order chi connectivity index (χ0) is 13.8. The second-order valence-corrected chi connectivity index (χ2v) is 5.96. The van der Waals surface area contributed by atoms with Gasteiger partial charge >= 0.3 is 0 Å². The lowest BCUT2D eigenvalue weighted by molar-refractivity contribution is 0.134. The van der Waals surface area contributed by atoms with Gasteiger partial charge in [-0.3, -0.25) is 0 Å². The Kier molecular flexibility index (Phi) is 5.15. The molecule has 0 aliphatic rings. The predicted octanol–water partition coefficient (Wildman–Crippen LogP) is 3.62. The molecule has 1 N–H and O–H groups in total. The molecule has 18 heavy (non-hydrogen) atoms. The molecule has 1 atom stereocenters. The molecule has 1 aromatic carbocycles. The molecule has 0 aromatic heterocycles. The van der Waals surface area contributed by atoms with Crippen molar-refractivity contribution in [1.82, 2.24) is 5.32 Å². The third kappa shape index (κ3) is 5.05. The minimum atomic E-state index is -0.307. The van der Waals surface area contributed by atoms with Crippen LogP contribution in [0.3, 0.4) is 0 Å². The Morgan fingerprint density at radius 1 is 1.22 bits per heavy atom. The van der Waals surface area contributed by atoms with Crippen molar-refractivity contribution < 1.29 is 9.13 Å². The van der Waals surface area contributed by atoms with Crippen LogP contribution in [0.1, 0.15) is 34.6 Å². The molecular weight excluding hydrogens is 229 g/mol. The van der Waals surface area contributed by atoms with E-state index < -0.39 is 0 Å². The third-order valence-electron chi connectivity index (χ3n) is 2.69. The molecule has 0 spiro atoms. The van der Waals surface area contributed by atoms with Crippen molar-refractivity contribution >= 4 is 0 Å². The molecule has 0 fully saturated rings. The van der Waals surface area contributed by atoms with Gasteiger partial charge in [-0.2, -0.15) is 0 Å². The monoisotopic (exact) mass is 253 g/mol. The summed E-state index contributed by atoms with van der Waals surface area (Å²) in [6.45, 7) is 11.2. The molecule has 0 aliphatic carbocycles. The van der Waals surface area contributed by atoms with Crippen LogP contribution in [0.2, 0.25) is 0 Å². The second kappa shape index (κ2) is 6.19. The van der Waals surface area contributed by atoms with Gasteiger partial charge in [-0.15, -0.1) is 0 Å². The van der Waals surface area contributed by atoms with E-state index >= 15 is 0 Å². The van der Waals surface area contributed by atoms with E-state index in [4.69, 9.17) is 4.74 Å². The van der Waals surface area contributed by atoms with E-state index in [2.05, 4.69) is 39.9 Å². The smallest absolute Gasteiger partial charge is 0.165 e. The van der Waals surface area contributed by atoms with Crippen molar-refractivity contribution in [2.75, 3.05) is 6.54 Å². The van der Waals surface area contributed by atoms with Crippen molar-refractivity contribution in [3.05, 3.63) is 30.1 Å². The van der Waals surface area contributed by atoms with Crippen LogP contribution in [-0.2, 0) is 0 Å². The van der Waals surface area contributed by atoms with Crippen LogP contribution in [0.15, 0.2) is 24.3 Å². The fraction of sp³-hybridized carbons (Fsp3) is 0.600. The summed E-state index contributed by atoms with van der Waals surface area (Å²) in [4.78, 5) is 0. The van der Waals surface area contributed by atoms with Crippen LogP contribution in [0, 0.1) is 11.7 Å². The average Bonchev–Trinajstić information content (AvgIpc) is 2.24. The minimum Gasteiger partial charge on any atom is -0.486 e. The van der Waals surface area contributed by atoms with Gasteiger partial charge in [0, 0.05) is 12.1 Å². The van der Waals surface area contributed by atoms with Gasteiger partial charge in [0.25, 0.3) is 0 Å². The van der Waals surface area contributed by atoms with E-state index in [-0.39, 0.29) is 17.5 Å². The summed E-state index contributed by atoms with van der Waals surface area (Å²) >= 11 is 0. The number of hydrogen-bond acceptors (Lipinski definition) is 2. The van der Waals surface area contributed by atoms with Crippen LogP contribution in [-0.4, -0.2) is 18.2 Å². The summed E-state index contributed by atoms with van der Waals surface area (Å²) in [6, 6.07) is 6.54. The standard InChI is InChI=1S/C15H24FNO/c1-11(2)14(10-17-15(3,4)5)18-13-9-7-6-8-12(13)16/h6-9,11,14,17H,10H2,1-5H3. The van der Waals surface area contributed by atoms with E-state index in [0.717, 1.165) is 0 Å². The van der Waals surface area contributed by atoms with Crippen molar-refractivity contribution in [1.29, 1.82) is 0 Å². The molecule has 0 saturated carbocycles. The van der Waals surface area contributed by atoms with Gasteiger partial charge in [-0.1, -0.05) is 26.0 Å². The SMILES string of the molecule is CC(C)C(CNC(C)(C)C)Oc1ccccc1F. The number of rotatable bonds is 5. The van der Waals surface area contributed by atoms with Gasteiger partial charge in [0.05, 0.1) is 0 Å². The van der Waals surface area contributed by atoms with Crippen LogP contribution in [0.25, 0.3) is 0 Å². The van der Waals surface area contributed by atoms with Gasteiger partial charge in [0.2, 0.25) is 0 Å². The van der Waals surface area contributed by atoms with Gasteiger partial charge in [-0.05, 0) is 38.8 Å². The number of halogens is 1. The van der Waals surface area contributed by atoms with Crippen molar-refractivity contribution in [3.8, 4) is 5.75 Å². The van der Waals surface area contributed by atoms with E-state index in [9.17, 15) is 4.39 Å². The van der Waals surface area contributed by atoms with Crippen molar-refractivity contribution in [3.63, 3.8) is 0 Å². The zero-order valence-corrected chi connectivity index (χ0v) is 12.0. The third-order valence-corrected chi connectivity index (χ3v) is 2.69. The normalized spacial score (nSPS) is 13.7. The molecule has 0 aliphatic heterocycles. The molecule has 0 amide bonds. The first kappa shape index (κ1) is 15.0. The number of nitrogens with one attached hydrogen (secondary N) is 1. The Labute approximate surface area is 110 Å². The molecule has 0 heterocycles. The fourth-order valence-electron chi connectivity index (χ4n) is 1.52. The minimum absolute atomic E-state index is 0.0335. The molecule has 0 saturated heterocycles. The fourth-order valence-corrected chi connectivity index (χ4v) is 1.52. The molecular formula is C15H24FNO. The summed E-state index contributed by atoms with van der Waals surface area (Å²) in [5.74, 6) is 0.338. The van der Waals surface area contributed by atoms with E-state index in [0.29, 0.717) is 18.2 Å². The Balaban J connectivity index is 2.67. The van der Waals surface area contributed by atoms with Crippen molar-refractivity contribution in [2.24, 2.45) is 5.92 Å². The number of ether oxygens (including phenoxy) is 1. The van der Waals surface area contributed by atoms with Crippen LogP contribution >= 0.6 is 0 Å². The molecule has 2 nitrogen and oxygen atoms in total. The summed E-state index contributed by atoms with van der Waals surface area (Å²) < 4.78 is 19.3. The summed E-state index contributed by atoms with van der Waals surface area (Å²) in [6.07, 6.45) is -0.0406. The lowest BCUT2D eigenvalue weighted by atomic mass is 10.0. The number of benzene rings is 1. The highest BCUT2D eigenvalue weighted by Crippen LogP contribution is 2.19. The van der Waals surface area contributed by atoms with E-state index in [1.165, 1.54) is 6.07 Å². The zero-order valence-electron chi connectivity index (χ0n) is 12.0. The first-order valence-electron chi connectivity index (χ1n) is 6.46. The van der Waals surface area contributed by atoms with Crippen LogP contribution < -0.4 is 10.1 Å². The van der Waals surface area contributed by atoms with Crippen LogP contribution in [0.5, 0.6) is 5.75 Å². The Hall–Kier alpha value is -1.09. The molecule has 0 radical (unpaired) electrons. The maximum atomic E-state index is 13.5. The summed E-state index contributed by atoms with van der Waals surface area (Å²) in [5.41, 5.74) is 0.0335. The molecule has 1 unspecified atom stereocenters. The van der Waals surface area contributed by atoms with E-state index in [1.54, 1.807) is 18.2 Å².